The van der Waals surface area contributed by atoms with Crippen LogP contribution in [0.5, 0.6) is 0 Å². The molecule has 0 saturated carbocycles. The molecule has 5 heteroatoms. The number of carbonyl (C=O) groups excluding carboxylic acids is 1. The maximum Gasteiger partial charge on any atom is 0.236 e. The molecule has 21 heavy (non-hydrogen) atoms. The van der Waals surface area contributed by atoms with E-state index in [-0.39, 0.29) is 18.0 Å². The maximum atomic E-state index is 12.1. The molecule has 118 valence electrons. The first-order valence-corrected chi connectivity index (χ1v) is 7.60. The number of pyridine rings is 1. The van der Waals surface area contributed by atoms with E-state index in [1.807, 2.05) is 12.1 Å². The Bertz CT molecular complexity index is 422. The average molecular weight is 292 g/mol. The first-order chi connectivity index (χ1) is 10.0. The highest BCUT2D eigenvalue weighted by Gasteiger charge is 2.27. The Balaban J connectivity index is 3.03. The van der Waals surface area contributed by atoms with Crippen molar-refractivity contribution >= 4 is 5.91 Å². The molecule has 1 aromatic rings. The number of hydrogen-bond donors (Lipinski definition) is 1. The second-order valence-electron chi connectivity index (χ2n) is 5.56. The third-order valence-electron chi connectivity index (χ3n) is 3.67. The van der Waals surface area contributed by atoms with E-state index >= 15 is 0 Å². The summed E-state index contributed by atoms with van der Waals surface area (Å²) >= 11 is 0. The van der Waals surface area contributed by atoms with Crippen LogP contribution in [0.25, 0.3) is 0 Å². The summed E-state index contributed by atoms with van der Waals surface area (Å²) in [5.74, 6) is 0.103. The Labute approximate surface area is 128 Å². The Hall–Kier alpha value is -1.46. The molecule has 0 saturated heterocycles. The first kappa shape index (κ1) is 17.6. The van der Waals surface area contributed by atoms with Gasteiger partial charge in [0.25, 0.3) is 0 Å². The number of hydrogen-bond acceptors (Lipinski definition) is 4. The lowest BCUT2D eigenvalue weighted by Crippen LogP contribution is -2.45. The van der Waals surface area contributed by atoms with Gasteiger partial charge < -0.3 is 10.6 Å². The van der Waals surface area contributed by atoms with Gasteiger partial charge in [-0.15, -0.1) is 0 Å². The van der Waals surface area contributed by atoms with Gasteiger partial charge in [-0.2, -0.15) is 0 Å². The van der Waals surface area contributed by atoms with Gasteiger partial charge in [-0.25, -0.2) is 0 Å². The fraction of sp³-hybridized carbons (Fsp3) is 0.625. The summed E-state index contributed by atoms with van der Waals surface area (Å²) in [7, 11) is 3.57. The van der Waals surface area contributed by atoms with Crippen LogP contribution in [0, 0.1) is 0 Å². The molecule has 1 rings (SSSR count). The molecule has 1 amide bonds. The Morgan fingerprint density at radius 2 is 1.90 bits per heavy atom. The van der Waals surface area contributed by atoms with Crippen molar-refractivity contribution in [2.24, 2.45) is 5.73 Å². The summed E-state index contributed by atoms with van der Waals surface area (Å²) in [6, 6.07) is 4.02. The predicted octanol–water partition coefficient (Wildman–Crippen LogP) is 1.66. The molecular weight excluding hydrogens is 264 g/mol. The molecule has 0 aromatic carbocycles. The van der Waals surface area contributed by atoms with Gasteiger partial charge in [-0.3, -0.25) is 14.7 Å². The lowest BCUT2D eigenvalue weighted by Gasteiger charge is -2.35. The molecule has 2 N–H and O–H groups in total. The molecule has 5 nitrogen and oxygen atoms in total. The molecule has 0 spiro atoms. The van der Waals surface area contributed by atoms with E-state index in [2.05, 4.69) is 23.7 Å². The molecule has 0 bridgehead atoms. The van der Waals surface area contributed by atoms with Crippen LogP contribution >= 0.6 is 0 Å². The van der Waals surface area contributed by atoms with Crippen molar-refractivity contribution in [2.45, 2.75) is 38.8 Å². The normalized spacial score (nSPS) is 14.0. The molecule has 2 atom stereocenters. The fourth-order valence-electron chi connectivity index (χ4n) is 2.43. The van der Waals surface area contributed by atoms with Crippen LogP contribution in [0.4, 0.5) is 0 Å². The van der Waals surface area contributed by atoms with Crippen molar-refractivity contribution in [2.75, 3.05) is 27.2 Å². The van der Waals surface area contributed by atoms with Gasteiger partial charge in [0.1, 0.15) is 0 Å². The SMILES string of the molecule is CCCN(CC(=O)N(C)C)C(c1ccncc1)C(N)CC. The Morgan fingerprint density at radius 3 is 2.38 bits per heavy atom. The minimum absolute atomic E-state index is 0.00564. The minimum atomic E-state index is -0.00564. The second-order valence-corrected chi connectivity index (χ2v) is 5.56. The fourth-order valence-corrected chi connectivity index (χ4v) is 2.43. The van der Waals surface area contributed by atoms with Crippen LogP contribution in [0.1, 0.15) is 38.3 Å². The van der Waals surface area contributed by atoms with Crippen molar-refractivity contribution in [1.29, 1.82) is 0 Å². The summed E-state index contributed by atoms with van der Waals surface area (Å²) in [6.45, 7) is 5.44. The van der Waals surface area contributed by atoms with Crippen LogP contribution in [0.2, 0.25) is 0 Å². The monoisotopic (exact) mass is 292 g/mol. The standard InChI is InChI=1S/C16H28N4O/c1-5-11-20(12-15(21)19(3)4)16(14(17)6-2)13-7-9-18-10-8-13/h7-10,14,16H,5-6,11-12,17H2,1-4H3. The highest BCUT2D eigenvalue weighted by atomic mass is 16.2. The molecule has 1 heterocycles. The van der Waals surface area contributed by atoms with Gasteiger partial charge in [-0.1, -0.05) is 13.8 Å². The third kappa shape index (κ3) is 5.10. The van der Waals surface area contributed by atoms with Gasteiger partial charge in [0.15, 0.2) is 0 Å². The van der Waals surface area contributed by atoms with Crippen molar-refractivity contribution < 1.29 is 4.79 Å². The first-order valence-electron chi connectivity index (χ1n) is 7.60. The number of rotatable bonds is 8. The van der Waals surface area contributed by atoms with Crippen molar-refractivity contribution in [3.8, 4) is 0 Å². The summed E-state index contributed by atoms with van der Waals surface area (Å²) in [5.41, 5.74) is 7.47. The lowest BCUT2D eigenvalue weighted by atomic mass is 9.97. The highest BCUT2D eigenvalue weighted by molar-refractivity contribution is 5.77. The minimum Gasteiger partial charge on any atom is -0.348 e. The van der Waals surface area contributed by atoms with Gasteiger partial charge in [0.05, 0.1) is 12.6 Å². The summed E-state index contributed by atoms with van der Waals surface area (Å²) in [6.07, 6.45) is 5.41. The number of nitrogens with zero attached hydrogens (tertiary/aromatic N) is 3. The van der Waals surface area contributed by atoms with E-state index in [0.29, 0.717) is 6.54 Å². The summed E-state index contributed by atoms with van der Waals surface area (Å²) in [4.78, 5) is 20.0. The van der Waals surface area contributed by atoms with Crippen molar-refractivity contribution in [3.05, 3.63) is 30.1 Å². The van der Waals surface area contributed by atoms with Crippen LogP contribution < -0.4 is 5.73 Å². The molecule has 1 aromatic heterocycles. The van der Waals surface area contributed by atoms with Gasteiger partial charge >= 0.3 is 0 Å². The van der Waals surface area contributed by atoms with E-state index in [1.165, 1.54) is 0 Å². The number of amides is 1. The number of aromatic nitrogens is 1. The zero-order valence-corrected chi connectivity index (χ0v) is 13.6. The van der Waals surface area contributed by atoms with E-state index in [9.17, 15) is 4.79 Å². The smallest absolute Gasteiger partial charge is 0.236 e. The Kier molecular flexibility index (Phi) is 7.32. The van der Waals surface area contributed by atoms with Crippen molar-refractivity contribution in [3.63, 3.8) is 0 Å². The molecule has 0 radical (unpaired) electrons. The quantitative estimate of drug-likeness (QED) is 0.791. The predicted molar refractivity (Wildman–Crippen MR) is 85.8 cm³/mol. The molecule has 2 unspecified atom stereocenters. The zero-order valence-electron chi connectivity index (χ0n) is 13.6. The number of nitrogens with two attached hydrogens (primary N) is 1. The van der Waals surface area contributed by atoms with Gasteiger partial charge in [-0.05, 0) is 37.1 Å². The van der Waals surface area contributed by atoms with E-state index < -0.39 is 0 Å². The van der Waals surface area contributed by atoms with Gasteiger partial charge in [0.2, 0.25) is 5.91 Å². The van der Waals surface area contributed by atoms with E-state index in [1.54, 1.807) is 31.4 Å². The van der Waals surface area contributed by atoms with Crippen LogP contribution in [-0.2, 0) is 4.79 Å². The van der Waals surface area contributed by atoms with Crippen LogP contribution in [-0.4, -0.2) is 53.9 Å². The topological polar surface area (TPSA) is 62.5 Å². The number of likely N-dealkylation sites (N-methyl/N-ethyl adjacent to an activating group) is 1. The molecule has 0 aliphatic carbocycles. The Morgan fingerprint density at radius 1 is 1.29 bits per heavy atom. The maximum absolute atomic E-state index is 12.1. The lowest BCUT2D eigenvalue weighted by molar-refractivity contribution is -0.130. The molecular formula is C16H28N4O. The molecule has 0 aliphatic heterocycles. The molecule has 0 fully saturated rings. The van der Waals surface area contributed by atoms with E-state index in [0.717, 1.165) is 24.9 Å². The average Bonchev–Trinajstić information content (AvgIpc) is 2.48. The zero-order chi connectivity index (χ0) is 15.8. The van der Waals surface area contributed by atoms with Crippen molar-refractivity contribution in [1.82, 2.24) is 14.8 Å². The van der Waals surface area contributed by atoms with E-state index in [4.69, 9.17) is 5.73 Å². The van der Waals surface area contributed by atoms with Crippen LogP contribution in [0.3, 0.4) is 0 Å². The summed E-state index contributed by atoms with van der Waals surface area (Å²) < 4.78 is 0. The third-order valence-corrected chi connectivity index (χ3v) is 3.67. The second kappa shape index (κ2) is 8.74. The largest absolute Gasteiger partial charge is 0.348 e. The molecule has 0 aliphatic rings. The van der Waals surface area contributed by atoms with Gasteiger partial charge in [0, 0.05) is 32.5 Å². The van der Waals surface area contributed by atoms with Crippen LogP contribution in [0.15, 0.2) is 24.5 Å². The number of carbonyl (C=O) groups is 1. The highest BCUT2D eigenvalue weighted by Crippen LogP contribution is 2.25. The summed E-state index contributed by atoms with van der Waals surface area (Å²) in [5, 5.41) is 0.